The summed E-state index contributed by atoms with van der Waals surface area (Å²) in [6.45, 7) is 12.9. The van der Waals surface area contributed by atoms with Crippen molar-refractivity contribution < 1.29 is 118 Å². The summed E-state index contributed by atoms with van der Waals surface area (Å²) in [6, 6.07) is 0. The van der Waals surface area contributed by atoms with Crippen molar-refractivity contribution in [2.75, 3.05) is 33.5 Å². The van der Waals surface area contributed by atoms with E-state index >= 15 is 0 Å². The topological polar surface area (TPSA) is 358 Å². The highest BCUT2D eigenvalue weighted by atomic mass is 16.8. The summed E-state index contributed by atoms with van der Waals surface area (Å²) >= 11 is 0. The lowest BCUT2D eigenvalue weighted by Crippen LogP contribution is -2.66. The summed E-state index contributed by atoms with van der Waals surface area (Å²) < 4.78 is 65.5. The van der Waals surface area contributed by atoms with Crippen LogP contribution in [0.25, 0.3) is 0 Å². The second-order valence-electron chi connectivity index (χ2n) is 25.6. The van der Waals surface area contributed by atoms with Crippen LogP contribution in [-0.4, -0.2) is 236 Å². The van der Waals surface area contributed by atoms with Crippen molar-refractivity contribution in [2.24, 2.45) is 39.4 Å². The van der Waals surface area contributed by atoms with Crippen LogP contribution in [0.4, 0.5) is 0 Å². The van der Waals surface area contributed by atoms with E-state index in [1.54, 1.807) is 19.9 Å². The van der Waals surface area contributed by atoms with Gasteiger partial charge in [-0.25, -0.2) is 0 Å². The molecule has 1 spiro atoms. The fraction of sp³-hybridized carbons (Fsp3) is 0.891. The molecule has 0 aromatic carbocycles. The normalized spacial score (nSPS) is 50.7. The third-order valence-corrected chi connectivity index (χ3v) is 19.8. The molecule has 9 aliphatic rings. The number of hydrogen-bond acceptors (Lipinski definition) is 24. The summed E-state index contributed by atoms with van der Waals surface area (Å²) in [6.07, 6.45) is -20.2. The molecule has 5 heterocycles. The van der Waals surface area contributed by atoms with Crippen LogP contribution in [0.5, 0.6) is 0 Å². The van der Waals surface area contributed by atoms with Gasteiger partial charge >= 0.3 is 11.9 Å². The van der Waals surface area contributed by atoms with E-state index in [2.05, 4.69) is 33.8 Å². The summed E-state index contributed by atoms with van der Waals surface area (Å²) in [4.78, 5) is 27.4. The van der Waals surface area contributed by atoms with Gasteiger partial charge in [0.1, 0.15) is 97.2 Å². The number of fused-ring (bicyclic) bond motifs is 4. The first kappa shape index (κ1) is 61.2. The molecule has 5 saturated heterocycles. The van der Waals surface area contributed by atoms with Crippen LogP contribution >= 0.6 is 0 Å². The SMILES string of the molecule is CO[C@@H]1[C@@H](O)[C@H](O[C@@H]2[C@@H](O)[C@H](O[C@@H]3[C@@H](O)[C@@H](O)[C@H](O[C@H]4[C@H](O[C@H]5CC[C@]6(C)[C@H]7CC[C@]89C(=O)O[C@@](C)(C/C=C/C(C)(C)O)[C@H]8[C@@H](OC(C)=O)C[C@@]9(C)C7=CC[C@H]6C5(C)C)OC[C@@H](O)[C@@H]4O)O[C@@H]3CO)OC[C@H]2O)O[C@H](CO)[C@H]1O. The monoisotopic (exact) mass is 1130 g/mol. The maximum atomic E-state index is 14.6. The van der Waals surface area contributed by atoms with Crippen LogP contribution in [0.1, 0.15) is 100 Å². The smallest absolute Gasteiger partial charge is 0.314 e. The summed E-state index contributed by atoms with van der Waals surface area (Å²) in [5.74, 6) is -1.08. The number of hydrogen-bond donors (Lipinski definition) is 11. The molecule has 5 aliphatic heterocycles. The van der Waals surface area contributed by atoms with Gasteiger partial charge in [-0.15, -0.1) is 0 Å². The van der Waals surface area contributed by atoms with E-state index in [4.69, 9.17) is 52.1 Å². The second-order valence-corrected chi connectivity index (χ2v) is 25.6. The lowest BCUT2D eigenvalue weighted by Gasteiger charge is -2.63. The molecule has 3 saturated carbocycles. The zero-order valence-corrected chi connectivity index (χ0v) is 46.5. The van der Waals surface area contributed by atoms with Crippen molar-refractivity contribution in [3.63, 3.8) is 0 Å². The third-order valence-electron chi connectivity index (χ3n) is 19.8. The quantitative estimate of drug-likeness (QED) is 0.0673. The fourth-order valence-corrected chi connectivity index (χ4v) is 16.0. The highest BCUT2D eigenvalue weighted by Gasteiger charge is 2.79. The number of allylic oxidation sites excluding steroid dienone is 2. The fourth-order valence-electron chi connectivity index (χ4n) is 16.0. The molecule has 27 atom stereocenters. The molecular weight excluding hydrogens is 1040 g/mol. The Hall–Kier alpha value is -2.38. The number of carbonyl (C=O) groups excluding carboxylic acids is 2. The zero-order valence-electron chi connectivity index (χ0n) is 46.5. The van der Waals surface area contributed by atoms with Gasteiger partial charge < -0.3 is 108 Å². The first-order valence-corrected chi connectivity index (χ1v) is 27.9. The van der Waals surface area contributed by atoms with Gasteiger partial charge in [0.15, 0.2) is 25.2 Å². The molecule has 0 radical (unpaired) electrons. The Labute approximate surface area is 459 Å². The molecule has 0 aromatic heterocycles. The highest BCUT2D eigenvalue weighted by Crippen LogP contribution is 2.76. The number of cyclic esters (lactones) is 1. The molecule has 11 N–H and O–H groups in total. The van der Waals surface area contributed by atoms with Crippen molar-refractivity contribution in [1.82, 2.24) is 0 Å². The predicted molar refractivity (Wildman–Crippen MR) is 268 cm³/mol. The molecule has 79 heavy (non-hydrogen) atoms. The van der Waals surface area contributed by atoms with Gasteiger partial charge in [-0.2, -0.15) is 0 Å². The first-order valence-electron chi connectivity index (χ1n) is 27.9. The molecule has 24 nitrogen and oxygen atoms in total. The maximum Gasteiger partial charge on any atom is 0.314 e. The van der Waals surface area contributed by atoms with E-state index < -0.39 is 182 Å². The van der Waals surface area contributed by atoms with Crippen molar-refractivity contribution in [1.29, 1.82) is 0 Å². The molecular formula is C55H86O24. The first-order chi connectivity index (χ1) is 37.0. The van der Waals surface area contributed by atoms with Gasteiger partial charge in [0, 0.05) is 25.9 Å². The third kappa shape index (κ3) is 10.5. The number of aliphatic hydroxyl groups is 11. The van der Waals surface area contributed by atoms with Gasteiger partial charge in [0.05, 0.1) is 49.5 Å². The number of aliphatic hydroxyl groups excluding tert-OH is 10. The van der Waals surface area contributed by atoms with Crippen LogP contribution in [0, 0.1) is 39.4 Å². The van der Waals surface area contributed by atoms with Crippen molar-refractivity contribution >= 4 is 11.9 Å². The molecule has 0 amide bonds. The van der Waals surface area contributed by atoms with Crippen molar-refractivity contribution in [3.8, 4) is 0 Å². The summed E-state index contributed by atoms with van der Waals surface area (Å²) in [7, 11) is 1.21. The van der Waals surface area contributed by atoms with Crippen LogP contribution < -0.4 is 0 Å². The number of rotatable bonds is 15. The van der Waals surface area contributed by atoms with E-state index in [9.17, 15) is 65.8 Å². The van der Waals surface area contributed by atoms with Gasteiger partial charge in [-0.1, -0.05) is 51.5 Å². The maximum absolute atomic E-state index is 14.6. The largest absolute Gasteiger partial charge is 0.462 e. The Balaban J connectivity index is 0.887. The van der Waals surface area contributed by atoms with Gasteiger partial charge in [0.25, 0.3) is 0 Å². The average Bonchev–Trinajstić information content (AvgIpc) is 2.39. The lowest BCUT2D eigenvalue weighted by atomic mass is 9.41. The minimum atomic E-state index is -1.96. The van der Waals surface area contributed by atoms with E-state index in [1.165, 1.54) is 19.6 Å². The predicted octanol–water partition coefficient (Wildman–Crippen LogP) is -1.26. The van der Waals surface area contributed by atoms with Gasteiger partial charge in [0.2, 0.25) is 0 Å². The second kappa shape index (κ2) is 22.6. The summed E-state index contributed by atoms with van der Waals surface area (Å²) in [5.41, 5.74) is -3.41. The standard InChI is InChI=1S/C55H86O24/c1-24(58)72-29-19-53(7)26-11-12-32-51(4,5)33(14-17-52(32,6)25(26)13-18-55(53)44(29)54(8,79-49(55)67)16-10-15-50(2,3)68)75-48-43(34(61)27(59)22-71-48)78-46-37(64)36(63)41(31(21-57)74-46)77-45-38(65)40(28(60)23-70-45)76-47-39(66)42(69-9)35(62)30(20-56)73-47/h10-11,15,25,27-48,56-57,59-66,68H,12-14,16-23H2,1-9H3/b15-10+/t25-,27+,28+,29-,30+,31+,32-,33-,34-,35+,36-,37+,38+,39+,40-,41-,42-,43+,44+,45-,46-,47-,48-,52+,53-,54-,55+/m0/s1. The van der Waals surface area contributed by atoms with Crippen molar-refractivity contribution in [3.05, 3.63) is 23.8 Å². The van der Waals surface area contributed by atoms with E-state index in [0.717, 1.165) is 0 Å². The van der Waals surface area contributed by atoms with Crippen LogP contribution in [0.15, 0.2) is 23.8 Å². The molecule has 450 valence electrons. The summed E-state index contributed by atoms with van der Waals surface area (Å²) in [5, 5.41) is 120. The van der Waals surface area contributed by atoms with Crippen molar-refractivity contribution in [2.45, 2.75) is 234 Å². The Morgan fingerprint density at radius 3 is 2.01 bits per heavy atom. The Morgan fingerprint density at radius 1 is 0.734 bits per heavy atom. The lowest BCUT2D eigenvalue weighted by molar-refractivity contribution is -0.385. The molecule has 0 bridgehead atoms. The van der Waals surface area contributed by atoms with Crippen LogP contribution in [-0.2, 0) is 61.7 Å². The van der Waals surface area contributed by atoms with Crippen LogP contribution in [0.2, 0.25) is 0 Å². The van der Waals surface area contributed by atoms with Gasteiger partial charge in [-0.3, -0.25) is 9.59 Å². The molecule has 0 unspecified atom stereocenters. The Morgan fingerprint density at radius 2 is 1.35 bits per heavy atom. The number of carbonyl (C=O) groups is 2. The molecule has 4 aliphatic carbocycles. The number of esters is 2. The molecule has 0 aromatic rings. The van der Waals surface area contributed by atoms with E-state index in [0.29, 0.717) is 44.9 Å². The Bertz CT molecular complexity index is 2240. The van der Waals surface area contributed by atoms with E-state index in [-0.39, 0.29) is 29.8 Å². The van der Waals surface area contributed by atoms with Crippen LogP contribution in [0.3, 0.4) is 0 Å². The Kier molecular flexibility index (Phi) is 17.5. The number of methoxy groups -OCH3 is 1. The number of ether oxygens (including phenoxy) is 11. The minimum absolute atomic E-state index is 0.0263. The highest BCUT2D eigenvalue weighted by molar-refractivity contribution is 5.84. The average molecular weight is 1130 g/mol. The van der Waals surface area contributed by atoms with E-state index in [1.807, 2.05) is 13.0 Å². The zero-order chi connectivity index (χ0) is 57.7. The van der Waals surface area contributed by atoms with Gasteiger partial charge in [-0.05, 0) is 82.0 Å². The molecule has 8 fully saturated rings. The molecule has 9 rings (SSSR count). The molecule has 24 heteroatoms. The minimum Gasteiger partial charge on any atom is -0.462 e.